The molecule has 0 bridgehead atoms. The molecule has 0 spiro atoms. The molecule has 0 atom stereocenters. The van der Waals surface area contributed by atoms with E-state index in [-0.39, 0.29) is 11.7 Å². The van der Waals surface area contributed by atoms with E-state index in [1.807, 2.05) is 18.2 Å². The fourth-order valence-electron chi connectivity index (χ4n) is 2.09. The Hall–Kier alpha value is -1.92. The van der Waals surface area contributed by atoms with Crippen LogP contribution >= 0.6 is 11.6 Å². The Morgan fingerprint density at radius 2 is 2.10 bits per heavy atom. The zero-order valence-corrected chi connectivity index (χ0v) is 11.6. The van der Waals surface area contributed by atoms with Gasteiger partial charge in [0.2, 0.25) is 5.82 Å². The highest BCUT2D eigenvalue weighted by atomic mass is 35.5. The highest BCUT2D eigenvalue weighted by molar-refractivity contribution is 6.32. The van der Waals surface area contributed by atoms with E-state index < -0.39 is 6.10 Å². The summed E-state index contributed by atoms with van der Waals surface area (Å²) in [4.78, 5) is 17.8. The molecular weight excluding hydrogens is 280 g/mol. The van der Waals surface area contributed by atoms with E-state index in [0.29, 0.717) is 29.6 Å². The molecular formula is C13H13ClN4O2. The topological polar surface area (TPSA) is 71.2 Å². The van der Waals surface area contributed by atoms with Gasteiger partial charge in [-0.15, -0.1) is 5.10 Å². The predicted molar refractivity (Wildman–Crippen MR) is 73.0 cm³/mol. The summed E-state index contributed by atoms with van der Waals surface area (Å²) in [5.41, 5.74) is 0.682. The Bertz CT molecular complexity index is 664. The number of likely N-dealkylation sites (tertiary alicyclic amines) is 1. The van der Waals surface area contributed by atoms with E-state index in [1.54, 1.807) is 17.7 Å². The van der Waals surface area contributed by atoms with Crippen LogP contribution in [0.25, 0.3) is 5.69 Å². The van der Waals surface area contributed by atoms with Crippen molar-refractivity contribution in [3.8, 4) is 5.69 Å². The largest absolute Gasteiger partial charge is 0.389 e. The maximum Gasteiger partial charge on any atom is 0.293 e. The number of nitrogens with zero attached hydrogens (tertiary/aromatic N) is 4. The lowest BCUT2D eigenvalue weighted by atomic mass is 10.2. The first kappa shape index (κ1) is 13.1. The molecule has 0 radical (unpaired) electrons. The van der Waals surface area contributed by atoms with Crippen LogP contribution in [0.3, 0.4) is 0 Å². The maximum atomic E-state index is 12.1. The summed E-state index contributed by atoms with van der Waals surface area (Å²) in [5.74, 6) is 0.432. The second kappa shape index (κ2) is 4.88. The van der Waals surface area contributed by atoms with Gasteiger partial charge < -0.3 is 10.0 Å². The van der Waals surface area contributed by atoms with Gasteiger partial charge in [0.05, 0.1) is 16.8 Å². The highest BCUT2D eigenvalue weighted by Crippen LogP contribution is 2.20. The Balaban J connectivity index is 1.92. The summed E-state index contributed by atoms with van der Waals surface area (Å²) in [6.45, 7) is 2.43. The van der Waals surface area contributed by atoms with Crippen LogP contribution in [-0.4, -0.2) is 49.9 Å². The molecule has 1 saturated heterocycles. The average molecular weight is 293 g/mol. The summed E-state index contributed by atoms with van der Waals surface area (Å²) in [5, 5.41) is 14.0. The molecule has 6 nitrogen and oxygen atoms in total. The fourth-order valence-corrected chi connectivity index (χ4v) is 2.31. The number of para-hydroxylation sites is 1. The molecule has 1 N–H and O–H groups in total. The first-order valence-corrected chi connectivity index (χ1v) is 6.60. The number of carbonyl (C=O) groups is 1. The van der Waals surface area contributed by atoms with Crippen LogP contribution in [0.4, 0.5) is 0 Å². The number of halogens is 1. The zero-order chi connectivity index (χ0) is 14.3. The van der Waals surface area contributed by atoms with Gasteiger partial charge in [0, 0.05) is 13.1 Å². The van der Waals surface area contributed by atoms with Crippen LogP contribution in [-0.2, 0) is 0 Å². The van der Waals surface area contributed by atoms with Crippen molar-refractivity contribution < 1.29 is 9.90 Å². The van der Waals surface area contributed by atoms with Crippen LogP contribution in [0.1, 0.15) is 16.4 Å². The summed E-state index contributed by atoms with van der Waals surface area (Å²) in [6, 6.07) is 7.23. The summed E-state index contributed by atoms with van der Waals surface area (Å²) in [6.07, 6.45) is -0.439. The van der Waals surface area contributed by atoms with Gasteiger partial charge in [-0.05, 0) is 19.1 Å². The number of aryl methyl sites for hydroxylation is 1. The Labute approximate surface area is 120 Å². The van der Waals surface area contributed by atoms with Crippen molar-refractivity contribution >= 4 is 17.5 Å². The van der Waals surface area contributed by atoms with Crippen LogP contribution in [0, 0.1) is 6.92 Å². The number of aromatic nitrogens is 3. The van der Waals surface area contributed by atoms with Crippen molar-refractivity contribution in [3.63, 3.8) is 0 Å². The average Bonchev–Trinajstić information content (AvgIpc) is 2.77. The Kier molecular flexibility index (Phi) is 3.19. The van der Waals surface area contributed by atoms with E-state index in [2.05, 4.69) is 10.1 Å². The number of rotatable bonds is 2. The fraction of sp³-hybridized carbons (Fsp3) is 0.308. The van der Waals surface area contributed by atoms with E-state index >= 15 is 0 Å². The molecule has 0 aliphatic carbocycles. The van der Waals surface area contributed by atoms with Gasteiger partial charge in [-0.25, -0.2) is 9.67 Å². The predicted octanol–water partition coefficient (Wildman–Crippen LogP) is 1.05. The summed E-state index contributed by atoms with van der Waals surface area (Å²) in [7, 11) is 0. The minimum atomic E-state index is -0.439. The third-order valence-corrected chi connectivity index (χ3v) is 3.51. The lowest BCUT2D eigenvalue weighted by Gasteiger charge is -2.34. The minimum Gasteiger partial charge on any atom is -0.389 e. The van der Waals surface area contributed by atoms with Gasteiger partial charge in [0.1, 0.15) is 5.82 Å². The number of hydrogen-bond donors (Lipinski definition) is 1. The van der Waals surface area contributed by atoms with E-state index in [4.69, 9.17) is 11.6 Å². The number of carbonyl (C=O) groups excluding carboxylic acids is 1. The number of aliphatic hydroxyl groups is 1. The standard InChI is InChI=1S/C13H13ClN4O2/c1-8-15-12(13(20)17-6-9(19)7-17)16-18(8)11-5-3-2-4-10(11)14/h2-5,9,19H,6-7H2,1H3. The molecule has 7 heteroatoms. The molecule has 1 amide bonds. The molecule has 2 heterocycles. The molecule has 2 aromatic rings. The monoisotopic (exact) mass is 292 g/mol. The Morgan fingerprint density at radius 3 is 2.75 bits per heavy atom. The van der Waals surface area contributed by atoms with Crippen molar-refractivity contribution in [3.05, 3.63) is 40.9 Å². The lowest BCUT2D eigenvalue weighted by Crippen LogP contribution is -2.53. The van der Waals surface area contributed by atoms with Gasteiger partial charge in [0.25, 0.3) is 5.91 Å². The first-order valence-electron chi connectivity index (χ1n) is 6.22. The Morgan fingerprint density at radius 1 is 1.40 bits per heavy atom. The van der Waals surface area contributed by atoms with E-state index in [1.165, 1.54) is 4.90 Å². The molecule has 104 valence electrons. The molecule has 1 aliphatic heterocycles. The number of amides is 1. The second-order valence-electron chi connectivity index (χ2n) is 4.71. The molecule has 20 heavy (non-hydrogen) atoms. The lowest BCUT2D eigenvalue weighted by molar-refractivity contribution is 0.00508. The van der Waals surface area contributed by atoms with Gasteiger partial charge in [0.15, 0.2) is 0 Å². The second-order valence-corrected chi connectivity index (χ2v) is 5.12. The quantitative estimate of drug-likeness (QED) is 0.898. The maximum absolute atomic E-state index is 12.1. The van der Waals surface area contributed by atoms with Crippen LogP contribution in [0.2, 0.25) is 5.02 Å². The molecule has 3 rings (SSSR count). The van der Waals surface area contributed by atoms with Crippen molar-refractivity contribution in [2.45, 2.75) is 13.0 Å². The minimum absolute atomic E-state index is 0.120. The third-order valence-electron chi connectivity index (χ3n) is 3.19. The number of benzene rings is 1. The number of β-amino-alcohol motifs (C(OH)–C–C–N with tert-alkyl or cyclic N) is 1. The summed E-state index contributed by atoms with van der Waals surface area (Å²) < 4.78 is 1.55. The van der Waals surface area contributed by atoms with Gasteiger partial charge in [-0.1, -0.05) is 23.7 Å². The zero-order valence-electron chi connectivity index (χ0n) is 10.8. The SMILES string of the molecule is Cc1nc(C(=O)N2CC(O)C2)nn1-c1ccccc1Cl. The number of aliphatic hydroxyl groups excluding tert-OH is 1. The first-order chi connectivity index (χ1) is 9.56. The van der Waals surface area contributed by atoms with Gasteiger partial charge in [-0.3, -0.25) is 4.79 Å². The summed E-state index contributed by atoms with van der Waals surface area (Å²) >= 11 is 6.12. The number of hydrogen-bond acceptors (Lipinski definition) is 4. The van der Waals surface area contributed by atoms with Crippen molar-refractivity contribution in [1.29, 1.82) is 0 Å². The van der Waals surface area contributed by atoms with Crippen LogP contribution < -0.4 is 0 Å². The van der Waals surface area contributed by atoms with Crippen molar-refractivity contribution in [2.75, 3.05) is 13.1 Å². The van der Waals surface area contributed by atoms with Gasteiger partial charge in [-0.2, -0.15) is 0 Å². The molecule has 1 aromatic carbocycles. The van der Waals surface area contributed by atoms with E-state index in [9.17, 15) is 9.90 Å². The van der Waals surface area contributed by atoms with Crippen LogP contribution in [0.15, 0.2) is 24.3 Å². The van der Waals surface area contributed by atoms with Crippen molar-refractivity contribution in [2.24, 2.45) is 0 Å². The molecule has 1 aliphatic rings. The molecule has 1 aromatic heterocycles. The third kappa shape index (κ3) is 2.17. The molecule has 1 fully saturated rings. The van der Waals surface area contributed by atoms with Gasteiger partial charge >= 0.3 is 0 Å². The normalized spacial score (nSPS) is 15.2. The molecule has 0 saturated carbocycles. The van der Waals surface area contributed by atoms with Crippen molar-refractivity contribution in [1.82, 2.24) is 19.7 Å². The van der Waals surface area contributed by atoms with E-state index in [0.717, 1.165) is 0 Å². The smallest absolute Gasteiger partial charge is 0.293 e. The molecule has 0 unspecified atom stereocenters. The van der Waals surface area contributed by atoms with Crippen LogP contribution in [0.5, 0.6) is 0 Å². The highest BCUT2D eigenvalue weighted by Gasteiger charge is 2.32.